The van der Waals surface area contributed by atoms with E-state index >= 15 is 0 Å². The third-order valence-corrected chi connectivity index (χ3v) is 2.70. The minimum Gasteiger partial charge on any atom is -0.297 e. The summed E-state index contributed by atoms with van der Waals surface area (Å²) in [4.78, 5) is 2.25. The second-order valence-electron chi connectivity index (χ2n) is 3.87. The fraction of sp³-hybridized carbons (Fsp3) is 1.00. The molecule has 0 aromatic rings. The largest absolute Gasteiger partial charge is 0.297 e. The van der Waals surface area contributed by atoms with Gasteiger partial charge in [0.1, 0.15) is 6.17 Å². The van der Waals surface area contributed by atoms with E-state index in [4.69, 9.17) is 0 Å². The van der Waals surface area contributed by atoms with Gasteiger partial charge < -0.3 is 0 Å². The SMILES string of the molecule is CC(C)C(C)N1CCC(F)C1. The Morgan fingerprint density at radius 3 is 2.36 bits per heavy atom. The quantitative estimate of drug-likeness (QED) is 0.596. The second kappa shape index (κ2) is 3.53. The number of likely N-dealkylation sites (tertiary alicyclic amines) is 1. The van der Waals surface area contributed by atoms with E-state index in [1.807, 2.05) is 0 Å². The summed E-state index contributed by atoms with van der Waals surface area (Å²) in [5.41, 5.74) is 0. The Labute approximate surface area is 68.6 Å². The maximum atomic E-state index is 12.8. The first-order chi connectivity index (χ1) is 5.11. The van der Waals surface area contributed by atoms with Crippen molar-refractivity contribution in [3.8, 4) is 0 Å². The number of rotatable bonds is 2. The van der Waals surface area contributed by atoms with Crippen LogP contribution in [0.25, 0.3) is 0 Å². The minimum atomic E-state index is -0.573. The van der Waals surface area contributed by atoms with Crippen LogP contribution in [0.4, 0.5) is 4.39 Å². The van der Waals surface area contributed by atoms with E-state index in [0.29, 0.717) is 18.5 Å². The van der Waals surface area contributed by atoms with Crippen molar-refractivity contribution in [1.29, 1.82) is 0 Å². The summed E-state index contributed by atoms with van der Waals surface area (Å²) in [7, 11) is 0. The lowest BCUT2D eigenvalue weighted by Crippen LogP contribution is -2.34. The third kappa shape index (κ3) is 2.16. The van der Waals surface area contributed by atoms with Crippen LogP contribution >= 0.6 is 0 Å². The molecule has 0 amide bonds. The smallest absolute Gasteiger partial charge is 0.114 e. The Bertz CT molecular complexity index is 125. The van der Waals surface area contributed by atoms with E-state index < -0.39 is 6.17 Å². The second-order valence-corrected chi connectivity index (χ2v) is 3.87. The molecule has 1 rings (SSSR count). The summed E-state index contributed by atoms with van der Waals surface area (Å²) < 4.78 is 12.8. The van der Waals surface area contributed by atoms with Crippen LogP contribution < -0.4 is 0 Å². The molecule has 1 saturated heterocycles. The summed E-state index contributed by atoms with van der Waals surface area (Å²) in [6, 6.07) is 0.538. The van der Waals surface area contributed by atoms with Gasteiger partial charge in [0.25, 0.3) is 0 Å². The Morgan fingerprint density at radius 2 is 2.00 bits per heavy atom. The van der Waals surface area contributed by atoms with Gasteiger partial charge in [-0.3, -0.25) is 4.90 Å². The third-order valence-electron chi connectivity index (χ3n) is 2.70. The van der Waals surface area contributed by atoms with Crippen LogP contribution in [-0.2, 0) is 0 Å². The predicted octanol–water partition coefficient (Wildman–Crippen LogP) is 2.07. The molecule has 66 valence electrons. The van der Waals surface area contributed by atoms with Gasteiger partial charge in [-0.05, 0) is 19.3 Å². The normalized spacial score (nSPS) is 29.7. The van der Waals surface area contributed by atoms with Crippen molar-refractivity contribution < 1.29 is 4.39 Å². The summed E-state index contributed by atoms with van der Waals surface area (Å²) in [6.07, 6.45) is 0.160. The summed E-state index contributed by atoms with van der Waals surface area (Å²) in [5, 5.41) is 0. The lowest BCUT2D eigenvalue weighted by atomic mass is 10.1. The van der Waals surface area contributed by atoms with E-state index in [0.717, 1.165) is 13.0 Å². The molecule has 0 N–H and O–H groups in total. The van der Waals surface area contributed by atoms with Gasteiger partial charge in [-0.25, -0.2) is 4.39 Å². The average molecular weight is 159 g/mol. The summed E-state index contributed by atoms with van der Waals surface area (Å²) >= 11 is 0. The van der Waals surface area contributed by atoms with Crippen LogP contribution in [0.15, 0.2) is 0 Å². The molecule has 1 fully saturated rings. The molecule has 0 radical (unpaired) electrons. The van der Waals surface area contributed by atoms with Crippen LogP contribution in [-0.4, -0.2) is 30.2 Å². The number of hydrogen-bond donors (Lipinski definition) is 0. The van der Waals surface area contributed by atoms with Gasteiger partial charge in [-0.1, -0.05) is 13.8 Å². The van der Waals surface area contributed by atoms with Gasteiger partial charge in [-0.2, -0.15) is 0 Å². The Hall–Kier alpha value is -0.110. The molecule has 0 saturated carbocycles. The van der Waals surface area contributed by atoms with Crippen molar-refractivity contribution in [2.24, 2.45) is 5.92 Å². The Balaban J connectivity index is 2.36. The van der Waals surface area contributed by atoms with Gasteiger partial charge in [0, 0.05) is 19.1 Å². The number of hydrogen-bond acceptors (Lipinski definition) is 1. The fourth-order valence-electron chi connectivity index (χ4n) is 1.53. The van der Waals surface area contributed by atoms with E-state index in [2.05, 4.69) is 25.7 Å². The van der Waals surface area contributed by atoms with Crippen LogP contribution in [0.3, 0.4) is 0 Å². The van der Waals surface area contributed by atoms with Crippen molar-refractivity contribution in [3.63, 3.8) is 0 Å². The molecule has 0 aliphatic carbocycles. The topological polar surface area (TPSA) is 3.24 Å². The molecule has 0 aromatic heterocycles. The first-order valence-electron chi connectivity index (χ1n) is 4.49. The highest BCUT2D eigenvalue weighted by atomic mass is 19.1. The Morgan fingerprint density at radius 1 is 1.36 bits per heavy atom. The molecule has 2 heteroatoms. The van der Waals surface area contributed by atoms with Gasteiger partial charge in [0.15, 0.2) is 0 Å². The molecule has 11 heavy (non-hydrogen) atoms. The van der Waals surface area contributed by atoms with Crippen LogP contribution in [0.2, 0.25) is 0 Å². The number of halogens is 1. The van der Waals surface area contributed by atoms with Crippen LogP contribution in [0, 0.1) is 5.92 Å². The fourth-order valence-corrected chi connectivity index (χ4v) is 1.53. The lowest BCUT2D eigenvalue weighted by molar-refractivity contribution is 0.192. The van der Waals surface area contributed by atoms with Gasteiger partial charge >= 0.3 is 0 Å². The zero-order chi connectivity index (χ0) is 8.43. The lowest BCUT2D eigenvalue weighted by Gasteiger charge is -2.26. The number of alkyl halides is 1. The molecule has 2 unspecified atom stereocenters. The first-order valence-corrected chi connectivity index (χ1v) is 4.49. The highest BCUT2D eigenvalue weighted by molar-refractivity contribution is 4.80. The van der Waals surface area contributed by atoms with E-state index in [1.54, 1.807) is 0 Å². The maximum Gasteiger partial charge on any atom is 0.114 e. The molecule has 1 aliphatic rings. The highest BCUT2D eigenvalue weighted by Crippen LogP contribution is 2.18. The molecule has 0 bridgehead atoms. The highest BCUT2D eigenvalue weighted by Gasteiger charge is 2.26. The van der Waals surface area contributed by atoms with Crippen molar-refractivity contribution >= 4 is 0 Å². The predicted molar refractivity (Wildman–Crippen MR) is 45.4 cm³/mol. The van der Waals surface area contributed by atoms with Gasteiger partial charge in [0.05, 0.1) is 0 Å². The standard InChI is InChI=1S/C9H18FN/c1-7(2)8(3)11-5-4-9(10)6-11/h7-9H,4-6H2,1-3H3. The van der Waals surface area contributed by atoms with Crippen LogP contribution in [0.5, 0.6) is 0 Å². The zero-order valence-electron chi connectivity index (χ0n) is 7.68. The van der Waals surface area contributed by atoms with Gasteiger partial charge in [-0.15, -0.1) is 0 Å². The molecule has 2 atom stereocenters. The molecule has 1 aliphatic heterocycles. The van der Waals surface area contributed by atoms with Crippen molar-refractivity contribution in [3.05, 3.63) is 0 Å². The minimum absolute atomic E-state index is 0.538. The van der Waals surface area contributed by atoms with Crippen molar-refractivity contribution in [2.75, 3.05) is 13.1 Å². The Kier molecular flexibility index (Phi) is 2.88. The molecular weight excluding hydrogens is 141 g/mol. The molecule has 0 aromatic carbocycles. The molecular formula is C9H18FN. The first kappa shape index (κ1) is 8.98. The maximum absolute atomic E-state index is 12.8. The van der Waals surface area contributed by atoms with Crippen molar-refractivity contribution in [1.82, 2.24) is 4.90 Å². The average Bonchev–Trinajstić information content (AvgIpc) is 2.34. The summed E-state index contributed by atoms with van der Waals surface area (Å²) in [5.74, 6) is 0.639. The molecule has 0 spiro atoms. The monoisotopic (exact) mass is 159 g/mol. The van der Waals surface area contributed by atoms with E-state index in [1.165, 1.54) is 0 Å². The number of nitrogens with zero attached hydrogens (tertiary/aromatic N) is 1. The van der Waals surface area contributed by atoms with E-state index in [9.17, 15) is 4.39 Å². The van der Waals surface area contributed by atoms with Crippen LogP contribution in [0.1, 0.15) is 27.2 Å². The summed E-state index contributed by atoms with van der Waals surface area (Å²) in [6.45, 7) is 8.16. The van der Waals surface area contributed by atoms with Gasteiger partial charge in [0.2, 0.25) is 0 Å². The molecule has 1 nitrogen and oxygen atoms in total. The zero-order valence-corrected chi connectivity index (χ0v) is 7.68. The molecule has 1 heterocycles. The van der Waals surface area contributed by atoms with Crippen molar-refractivity contribution in [2.45, 2.75) is 39.4 Å². The van der Waals surface area contributed by atoms with E-state index in [-0.39, 0.29) is 0 Å².